The number of rotatable bonds is 3. The third-order valence-electron chi connectivity index (χ3n) is 2.12. The number of hydrogen-bond acceptors (Lipinski definition) is 6. The number of ether oxygens (including phenoxy) is 1. The molecule has 0 aliphatic carbocycles. The van der Waals surface area contributed by atoms with E-state index in [1.807, 2.05) is 0 Å². The zero-order valence-corrected chi connectivity index (χ0v) is 10.1. The lowest BCUT2D eigenvalue weighted by atomic mass is 10.3. The zero-order valence-electron chi connectivity index (χ0n) is 10.1. The van der Waals surface area contributed by atoms with Crippen LogP contribution in [0, 0.1) is 0 Å². The standard InChI is InChI=1S/C9H13N5O4/c1-5(7(15)12-9(17)10-2)14-4-11-6(13-14)8(16)18-3/h4-5H,1-3H3,(H2,10,12,15,17). The smallest absolute Gasteiger partial charge is 0.377 e. The van der Waals surface area contributed by atoms with Crippen LogP contribution in [0.1, 0.15) is 23.6 Å². The third kappa shape index (κ3) is 3.03. The van der Waals surface area contributed by atoms with E-state index in [0.29, 0.717) is 0 Å². The highest BCUT2D eigenvalue weighted by molar-refractivity contribution is 5.95. The predicted molar refractivity (Wildman–Crippen MR) is 58.7 cm³/mol. The second kappa shape index (κ2) is 5.75. The van der Waals surface area contributed by atoms with Crippen molar-refractivity contribution in [1.29, 1.82) is 0 Å². The molecule has 9 nitrogen and oxygen atoms in total. The van der Waals surface area contributed by atoms with Crippen molar-refractivity contribution in [3.8, 4) is 0 Å². The molecule has 1 aromatic rings. The maximum absolute atomic E-state index is 11.6. The van der Waals surface area contributed by atoms with Crippen LogP contribution < -0.4 is 10.6 Å². The highest BCUT2D eigenvalue weighted by atomic mass is 16.5. The molecule has 0 aromatic carbocycles. The molecule has 2 N–H and O–H groups in total. The minimum atomic E-state index is -0.784. The average Bonchev–Trinajstić information content (AvgIpc) is 2.86. The van der Waals surface area contributed by atoms with Gasteiger partial charge in [0.25, 0.3) is 11.7 Å². The summed E-state index contributed by atoms with van der Waals surface area (Å²) in [6.45, 7) is 1.51. The van der Waals surface area contributed by atoms with Gasteiger partial charge in [-0.2, -0.15) is 0 Å². The molecule has 0 aliphatic heterocycles. The molecule has 0 fully saturated rings. The number of carbonyl (C=O) groups is 3. The second-order valence-corrected chi connectivity index (χ2v) is 3.28. The molecule has 0 spiro atoms. The first-order valence-corrected chi connectivity index (χ1v) is 5.01. The van der Waals surface area contributed by atoms with E-state index in [1.165, 1.54) is 27.4 Å². The summed E-state index contributed by atoms with van der Waals surface area (Å²) in [5.41, 5.74) is 0. The summed E-state index contributed by atoms with van der Waals surface area (Å²) in [5, 5.41) is 8.10. The minimum Gasteiger partial charge on any atom is -0.463 e. The molecule has 0 saturated carbocycles. The molecule has 1 unspecified atom stereocenters. The number of imide groups is 1. The fraction of sp³-hybridized carbons (Fsp3) is 0.444. The molecule has 98 valence electrons. The minimum absolute atomic E-state index is 0.155. The van der Waals surface area contributed by atoms with Gasteiger partial charge in [-0.25, -0.2) is 19.3 Å². The first-order chi connectivity index (χ1) is 8.49. The summed E-state index contributed by atoms with van der Waals surface area (Å²) >= 11 is 0. The van der Waals surface area contributed by atoms with Crippen molar-refractivity contribution >= 4 is 17.9 Å². The van der Waals surface area contributed by atoms with Crippen molar-refractivity contribution in [3.63, 3.8) is 0 Å². The van der Waals surface area contributed by atoms with Crippen LogP contribution >= 0.6 is 0 Å². The molecule has 9 heteroatoms. The Morgan fingerprint density at radius 2 is 2.11 bits per heavy atom. The second-order valence-electron chi connectivity index (χ2n) is 3.28. The van der Waals surface area contributed by atoms with E-state index in [0.717, 1.165) is 4.68 Å². The van der Waals surface area contributed by atoms with E-state index in [9.17, 15) is 14.4 Å². The van der Waals surface area contributed by atoms with Gasteiger partial charge in [-0.3, -0.25) is 10.1 Å². The normalized spacial score (nSPS) is 11.5. The first kappa shape index (κ1) is 13.6. The number of esters is 1. The van der Waals surface area contributed by atoms with Crippen molar-refractivity contribution in [2.24, 2.45) is 0 Å². The number of nitrogens with one attached hydrogen (secondary N) is 2. The summed E-state index contributed by atoms with van der Waals surface area (Å²) in [5.74, 6) is -1.43. The lowest BCUT2D eigenvalue weighted by Crippen LogP contribution is -2.41. The number of aromatic nitrogens is 3. The van der Waals surface area contributed by atoms with Crippen LogP contribution in [0.15, 0.2) is 6.33 Å². The Hall–Kier alpha value is -2.45. The Morgan fingerprint density at radius 1 is 1.44 bits per heavy atom. The summed E-state index contributed by atoms with van der Waals surface area (Å²) in [6, 6.07) is -1.41. The van der Waals surface area contributed by atoms with Gasteiger partial charge in [0, 0.05) is 7.05 Å². The molecule has 1 atom stereocenters. The van der Waals surface area contributed by atoms with Gasteiger partial charge in [0.2, 0.25) is 0 Å². The van der Waals surface area contributed by atoms with E-state index in [-0.39, 0.29) is 5.82 Å². The van der Waals surface area contributed by atoms with E-state index >= 15 is 0 Å². The first-order valence-electron chi connectivity index (χ1n) is 5.01. The Balaban J connectivity index is 2.75. The summed E-state index contributed by atoms with van der Waals surface area (Å²) in [7, 11) is 2.59. The van der Waals surface area contributed by atoms with Gasteiger partial charge in [0.1, 0.15) is 12.4 Å². The van der Waals surface area contributed by atoms with E-state index < -0.39 is 23.9 Å². The quantitative estimate of drug-likeness (QED) is 0.675. The van der Waals surface area contributed by atoms with Crippen LogP contribution in [0.25, 0.3) is 0 Å². The lowest BCUT2D eigenvalue weighted by Gasteiger charge is -2.10. The van der Waals surface area contributed by atoms with Crippen molar-refractivity contribution < 1.29 is 19.1 Å². The number of nitrogens with zero attached hydrogens (tertiary/aromatic N) is 3. The molecule has 0 bridgehead atoms. The van der Waals surface area contributed by atoms with Crippen LogP contribution in [-0.2, 0) is 9.53 Å². The highest BCUT2D eigenvalue weighted by Gasteiger charge is 2.20. The third-order valence-corrected chi connectivity index (χ3v) is 2.12. The molecule has 0 saturated heterocycles. The summed E-state index contributed by atoms with van der Waals surface area (Å²) < 4.78 is 5.59. The SMILES string of the molecule is CNC(=O)NC(=O)C(C)n1cnc(C(=O)OC)n1. The van der Waals surface area contributed by atoms with Gasteiger partial charge in [0.15, 0.2) is 0 Å². The Kier molecular flexibility index (Phi) is 4.35. The lowest BCUT2D eigenvalue weighted by molar-refractivity contribution is -0.123. The average molecular weight is 255 g/mol. The number of hydrogen-bond donors (Lipinski definition) is 2. The number of urea groups is 1. The fourth-order valence-corrected chi connectivity index (χ4v) is 1.05. The maximum Gasteiger partial charge on any atom is 0.377 e. The molecule has 0 radical (unpaired) electrons. The Morgan fingerprint density at radius 3 is 2.67 bits per heavy atom. The Bertz CT molecular complexity index is 469. The van der Waals surface area contributed by atoms with Gasteiger partial charge in [-0.1, -0.05) is 0 Å². The molecular formula is C9H13N5O4. The van der Waals surface area contributed by atoms with E-state index in [2.05, 4.69) is 25.5 Å². The van der Waals surface area contributed by atoms with Gasteiger partial charge >= 0.3 is 12.0 Å². The van der Waals surface area contributed by atoms with Gasteiger partial charge in [0.05, 0.1) is 7.11 Å². The van der Waals surface area contributed by atoms with Crippen molar-refractivity contribution in [2.45, 2.75) is 13.0 Å². The van der Waals surface area contributed by atoms with E-state index in [4.69, 9.17) is 0 Å². The molecule has 3 amide bonds. The fourth-order valence-electron chi connectivity index (χ4n) is 1.05. The molecule has 18 heavy (non-hydrogen) atoms. The van der Waals surface area contributed by atoms with Gasteiger partial charge in [-0.15, -0.1) is 5.10 Å². The summed E-state index contributed by atoms with van der Waals surface area (Å²) in [4.78, 5) is 37.3. The highest BCUT2D eigenvalue weighted by Crippen LogP contribution is 2.04. The zero-order chi connectivity index (χ0) is 13.7. The monoisotopic (exact) mass is 255 g/mol. The van der Waals surface area contributed by atoms with Crippen molar-refractivity contribution in [2.75, 3.05) is 14.2 Å². The molecule has 1 heterocycles. The van der Waals surface area contributed by atoms with Crippen LogP contribution in [0.3, 0.4) is 0 Å². The van der Waals surface area contributed by atoms with E-state index in [1.54, 1.807) is 0 Å². The molecule has 1 rings (SSSR count). The molecular weight excluding hydrogens is 242 g/mol. The van der Waals surface area contributed by atoms with Gasteiger partial charge in [-0.05, 0) is 6.92 Å². The van der Waals surface area contributed by atoms with Crippen molar-refractivity contribution in [3.05, 3.63) is 12.2 Å². The summed E-state index contributed by atoms with van der Waals surface area (Å²) in [6.07, 6.45) is 1.21. The number of methoxy groups -OCH3 is 1. The van der Waals surface area contributed by atoms with Crippen LogP contribution in [-0.4, -0.2) is 46.8 Å². The molecule has 1 aromatic heterocycles. The van der Waals surface area contributed by atoms with Crippen molar-refractivity contribution in [1.82, 2.24) is 25.4 Å². The van der Waals surface area contributed by atoms with Crippen LogP contribution in [0.2, 0.25) is 0 Å². The van der Waals surface area contributed by atoms with Crippen LogP contribution in [0.4, 0.5) is 4.79 Å². The Labute approximate surface area is 103 Å². The molecule has 0 aliphatic rings. The largest absolute Gasteiger partial charge is 0.463 e. The predicted octanol–water partition coefficient (Wildman–Crippen LogP) is -0.919. The number of amides is 3. The topological polar surface area (TPSA) is 115 Å². The van der Waals surface area contributed by atoms with Crippen LogP contribution in [0.5, 0.6) is 0 Å². The van der Waals surface area contributed by atoms with Gasteiger partial charge < -0.3 is 10.1 Å². The maximum atomic E-state index is 11.6. The number of carbonyl (C=O) groups excluding carboxylic acids is 3.